The van der Waals surface area contributed by atoms with Gasteiger partial charge in [-0.1, -0.05) is 43.3 Å². The summed E-state index contributed by atoms with van der Waals surface area (Å²) in [5.74, 6) is -0.682. The van der Waals surface area contributed by atoms with Crippen molar-refractivity contribution in [2.75, 3.05) is 11.4 Å². The van der Waals surface area contributed by atoms with Crippen LogP contribution in [0, 0.1) is 0 Å². The fourth-order valence-corrected chi connectivity index (χ4v) is 3.69. The van der Waals surface area contributed by atoms with Crippen LogP contribution in [0.15, 0.2) is 72.8 Å². The second-order valence-corrected chi connectivity index (χ2v) is 7.45. The summed E-state index contributed by atoms with van der Waals surface area (Å²) in [4.78, 5) is 26.9. The molecule has 1 aliphatic rings. The molecule has 2 amide bonds. The molecule has 0 unspecified atom stereocenters. The Morgan fingerprint density at radius 1 is 0.800 bits per heavy atom. The number of carbonyl (C=O) groups excluding carboxylic acids is 2. The van der Waals surface area contributed by atoms with E-state index in [1.165, 1.54) is 11.1 Å². The minimum absolute atomic E-state index is 0.338. The zero-order valence-electron chi connectivity index (χ0n) is 17.0. The second-order valence-electron chi connectivity index (χ2n) is 7.45. The van der Waals surface area contributed by atoms with E-state index in [9.17, 15) is 9.59 Å². The molecule has 0 fully saturated rings. The third-order valence-corrected chi connectivity index (χ3v) is 5.54. The molecule has 0 atom stereocenters. The highest BCUT2D eigenvalue weighted by molar-refractivity contribution is 5.99. The molecule has 30 heavy (non-hydrogen) atoms. The summed E-state index contributed by atoms with van der Waals surface area (Å²) < 4.78 is 0. The Balaban J connectivity index is 1.34. The van der Waals surface area contributed by atoms with Crippen molar-refractivity contribution in [3.63, 3.8) is 0 Å². The van der Waals surface area contributed by atoms with E-state index in [2.05, 4.69) is 46.9 Å². The average Bonchev–Trinajstić information content (AvgIpc) is 2.82. The summed E-state index contributed by atoms with van der Waals surface area (Å²) in [5, 5.41) is 0. The maximum absolute atomic E-state index is 12.4. The third kappa shape index (κ3) is 4.35. The van der Waals surface area contributed by atoms with E-state index in [0.717, 1.165) is 37.2 Å². The minimum atomic E-state index is -0.343. The van der Waals surface area contributed by atoms with Crippen LogP contribution in [0.5, 0.6) is 0 Å². The van der Waals surface area contributed by atoms with Crippen LogP contribution < -0.4 is 15.8 Å². The fraction of sp³-hybridized carbons (Fsp3) is 0.200. The van der Waals surface area contributed by atoms with Gasteiger partial charge in [0.25, 0.3) is 11.8 Å². The lowest BCUT2D eigenvalue weighted by molar-refractivity contribution is 0.0846. The van der Waals surface area contributed by atoms with Gasteiger partial charge in [0, 0.05) is 29.9 Å². The molecule has 0 aromatic heterocycles. The quantitative estimate of drug-likeness (QED) is 0.655. The molecule has 5 nitrogen and oxygen atoms in total. The molecule has 3 aromatic rings. The van der Waals surface area contributed by atoms with Crippen LogP contribution in [-0.4, -0.2) is 18.4 Å². The van der Waals surface area contributed by atoms with E-state index in [4.69, 9.17) is 0 Å². The van der Waals surface area contributed by atoms with Crippen molar-refractivity contribution >= 4 is 17.5 Å². The maximum Gasteiger partial charge on any atom is 0.269 e. The van der Waals surface area contributed by atoms with E-state index in [-0.39, 0.29) is 11.8 Å². The predicted molar refractivity (Wildman–Crippen MR) is 118 cm³/mol. The van der Waals surface area contributed by atoms with Crippen LogP contribution in [0.2, 0.25) is 0 Å². The molecule has 2 N–H and O–H groups in total. The molecule has 0 bridgehead atoms. The van der Waals surface area contributed by atoms with Gasteiger partial charge in [-0.3, -0.25) is 20.4 Å². The van der Waals surface area contributed by atoms with Gasteiger partial charge in [-0.25, -0.2) is 0 Å². The van der Waals surface area contributed by atoms with Gasteiger partial charge >= 0.3 is 0 Å². The molecule has 1 heterocycles. The summed E-state index contributed by atoms with van der Waals surface area (Å²) in [7, 11) is 0. The van der Waals surface area contributed by atoms with E-state index in [1.54, 1.807) is 24.3 Å². The number of benzene rings is 3. The highest BCUT2D eigenvalue weighted by atomic mass is 16.2. The molecule has 3 aromatic carbocycles. The SMILES string of the molecule is CCc1ccc(C(=O)NNC(=O)c2ccc(N3CCc4ccccc4C3)cc2)cc1. The maximum atomic E-state index is 12.4. The van der Waals surface area contributed by atoms with Crippen molar-refractivity contribution in [2.45, 2.75) is 26.3 Å². The summed E-state index contributed by atoms with van der Waals surface area (Å²) >= 11 is 0. The Morgan fingerprint density at radius 2 is 1.37 bits per heavy atom. The van der Waals surface area contributed by atoms with E-state index in [1.807, 2.05) is 24.3 Å². The van der Waals surface area contributed by atoms with E-state index < -0.39 is 0 Å². The van der Waals surface area contributed by atoms with Gasteiger partial charge in [-0.2, -0.15) is 0 Å². The second kappa shape index (κ2) is 8.82. The first kappa shape index (κ1) is 19.7. The first-order valence-electron chi connectivity index (χ1n) is 10.3. The first-order valence-corrected chi connectivity index (χ1v) is 10.3. The smallest absolute Gasteiger partial charge is 0.269 e. The lowest BCUT2D eigenvalue weighted by atomic mass is 9.99. The van der Waals surface area contributed by atoms with Crippen LogP contribution in [-0.2, 0) is 19.4 Å². The third-order valence-electron chi connectivity index (χ3n) is 5.54. The number of amides is 2. The molecular weight excluding hydrogens is 374 g/mol. The molecule has 0 aliphatic carbocycles. The number of hydrogen-bond acceptors (Lipinski definition) is 3. The van der Waals surface area contributed by atoms with Crippen LogP contribution in [0.1, 0.15) is 44.3 Å². The number of aryl methyl sites for hydroxylation is 1. The number of rotatable bonds is 4. The lowest BCUT2D eigenvalue weighted by Crippen LogP contribution is -2.41. The van der Waals surface area contributed by atoms with Crippen LogP contribution in [0.3, 0.4) is 0 Å². The average molecular weight is 399 g/mol. The largest absolute Gasteiger partial charge is 0.367 e. The van der Waals surface area contributed by atoms with Gasteiger partial charge < -0.3 is 4.90 Å². The Hall–Kier alpha value is -3.60. The van der Waals surface area contributed by atoms with Crippen molar-refractivity contribution in [3.8, 4) is 0 Å². The predicted octanol–water partition coefficient (Wildman–Crippen LogP) is 3.89. The summed E-state index contributed by atoms with van der Waals surface area (Å²) in [6.45, 7) is 3.88. The number of carbonyl (C=O) groups is 2. The van der Waals surface area contributed by atoms with E-state index >= 15 is 0 Å². The van der Waals surface area contributed by atoms with Crippen molar-refractivity contribution in [1.29, 1.82) is 0 Å². The van der Waals surface area contributed by atoms with Gasteiger partial charge in [0.2, 0.25) is 0 Å². The molecule has 1 aliphatic heterocycles. The summed E-state index contributed by atoms with van der Waals surface area (Å²) in [6.07, 6.45) is 1.93. The minimum Gasteiger partial charge on any atom is -0.367 e. The molecule has 0 saturated carbocycles. The normalized spacial score (nSPS) is 12.8. The summed E-state index contributed by atoms with van der Waals surface area (Å²) in [6, 6.07) is 23.3. The van der Waals surface area contributed by atoms with Crippen LogP contribution in [0.25, 0.3) is 0 Å². The number of hydrogen-bond donors (Lipinski definition) is 2. The highest BCUT2D eigenvalue weighted by Gasteiger charge is 2.16. The molecule has 4 rings (SSSR count). The number of anilines is 1. The van der Waals surface area contributed by atoms with Crippen molar-refractivity contribution in [2.24, 2.45) is 0 Å². The number of fused-ring (bicyclic) bond motifs is 1. The summed E-state index contributed by atoms with van der Waals surface area (Å²) in [5.41, 5.74) is 11.0. The van der Waals surface area contributed by atoms with Crippen molar-refractivity contribution < 1.29 is 9.59 Å². The van der Waals surface area contributed by atoms with Gasteiger partial charge in [-0.15, -0.1) is 0 Å². The zero-order chi connectivity index (χ0) is 20.9. The fourth-order valence-electron chi connectivity index (χ4n) is 3.69. The van der Waals surface area contributed by atoms with Gasteiger partial charge in [0.15, 0.2) is 0 Å². The van der Waals surface area contributed by atoms with Crippen molar-refractivity contribution in [3.05, 3.63) is 101 Å². The van der Waals surface area contributed by atoms with Gasteiger partial charge in [-0.05, 0) is 65.9 Å². The van der Waals surface area contributed by atoms with E-state index in [0.29, 0.717) is 11.1 Å². The van der Waals surface area contributed by atoms with Crippen LogP contribution in [0.4, 0.5) is 5.69 Å². The monoisotopic (exact) mass is 399 g/mol. The first-order chi connectivity index (χ1) is 14.6. The Kier molecular flexibility index (Phi) is 5.80. The highest BCUT2D eigenvalue weighted by Crippen LogP contribution is 2.24. The molecule has 5 heteroatoms. The van der Waals surface area contributed by atoms with Crippen LogP contribution >= 0.6 is 0 Å². The van der Waals surface area contributed by atoms with Crippen molar-refractivity contribution in [1.82, 2.24) is 10.9 Å². The zero-order valence-corrected chi connectivity index (χ0v) is 17.0. The number of nitrogens with zero attached hydrogens (tertiary/aromatic N) is 1. The van der Waals surface area contributed by atoms with Gasteiger partial charge in [0.1, 0.15) is 0 Å². The standard InChI is InChI=1S/C25H25N3O2/c1-2-18-7-9-20(10-8-18)24(29)26-27-25(30)21-11-13-23(14-12-21)28-16-15-19-5-3-4-6-22(19)17-28/h3-14H,2,15-17H2,1H3,(H,26,29)(H,27,30). The molecular formula is C25H25N3O2. The lowest BCUT2D eigenvalue weighted by Gasteiger charge is -2.30. The Morgan fingerprint density at radius 3 is 1.97 bits per heavy atom. The Bertz CT molecular complexity index is 1040. The topological polar surface area (TPSA) is 61.4 Å². The number of nitrogens with one attached hydrogen (secondary N) is 2. The number of hydrazine groups is 1. The molecule has 0 saturated heterocycles. The Labute approximate surface area is 176 Å². The molecule has 0 radical (unpaired) electrons. The molecule has 152 valence electrons. The molecule has 0 spiro atoms. The van der Waals surface area contributed by atoms with Gasteiger partial charge in [0.05, 0.1) is 0 Å².